The number of nitrogens with zero attached hydrogens (tertiary/aromatic N) is 1. The number of nitrogens with one attached hydrogen (secondary N) is 1. The van der Waals surface area contributed by atoms with Crippen LogP contribution in [0.4, 0.5) is 10.5 Å². The number of urea groups is 1. The molecule has 0 saturated carbocycles. The van der Waals surface area contributed by atoms with E-state index in [1.54, 1.807) is 30.3 Å². The van der Waals surface area contributed by atoms with Crippen LogP contribution in [0.3, 0.4) is 0 Å². The maximum Gasteiger partial charge on any atom is 0.335 e. The van der Waals surface area contributed by atoms with Gasteiger partial charge in [-0.3, -0.25) is 14.9 Å². The molecule has 0 spiro atoms. The number of carbonyl (C=O) groups is 3. The van der Waals surface area contributed by atoms with Gasteiger partial charge in [0.15, 0.2) is 0 Å². The van der Waals surface area contributed by atoms with Gasteiger partial charge in [0.2, 0.25) is 0 Å². The molecule has 0 aliphatic carbocycles. The third-order valence-electron chi connectivity index (χ3n) is 4.97. The van der Waals surface area contributed by atoms with Gasteiger partial charge >= 0.3 is 6.03 Å². The van der Waals surface area contributed by atoms with Gasteiger partial charge in [-0.25, -0.2) is 9.69 Å². The molecular formula is C25H21BrN2O4. The Balaban J connectivity index is 2.04. The molecule has 1 heterocycles. The Hall–Kier alpha value is -3.63. The Morgan fingerprint density at radius 1 is 1.19 bits per heavy atom. The summed E-state index contributed by atoms with van der Waals surface area (Å²) in [5.41, 5.74) is 3.54. The zero-order chi connectivity index (χ0) is 23.4. The van der Waals surface area contributed by atoms with E-state index in [0.717, 1.165) is 21.6 Å². The SMILES string of the molecule is C#CCOc1c(Br)cc(/C=C2\C(=O)NC(=O)N(c3ccc(C)c(C)c3)C2=O)cc1CC=C. The van der Waals surface area contributed by atoms with Crippen LogP contribution in [0.15, 0.2) is 53.0 Å². The second-order valence-corrected chi connectivity index (χ2v) is 8.06. The largest absolute Gasteiger partial charge is 0.479 e. The Labute approximate surface area is 195 Å². The monoisotopic (exact) mass is 492 g/mol. The highest BCUT2D eigenvalue weighted by atomic mass is 79.9. The summed E-state index contributed by atoms with van der Waals surface area (Å²) in [6.07, 6.45) is 8.93. The standard InChI is InChI=1S/C25H21BrN2O4/c1-5-7-18-12-17(14-21(26)22(18)32-10-6-2)13-20-23(29)27-25(31)28(24(20)30)19-9-8-15(3)16(4)11-19/h2,5,8-9,11-14H,1,7,10H2,3-4H3,(H,27,29,31)/b20-13+. The van der Waals surface area contributed by atoms with Crippen LogP contribution in [0.5, 0.6) is 5.75 Å². The molecule has 0 aromatic heterocycles. The number of terminal acetylenes is 1. The first kappa shape index (κ1) is 23.0. The number of amides is 4. The van der Waals surface area contributed by atoms with Gasteiger partial charge in [-0.2, -0.15) is 0 Å². The number of barbiturate groups is 1. The quantitative estimate of drug-likeness (QED) is 0.279. The number of anilines is 1. The Morgan fingerprint density at radius 2 is 1.94 bits per heavy atom. The number of imide groups is 2. The van der Waals surface area contributed by atoms with Crippen molar-refractivity contribution in [3.63, 3.8) is 0 Å². The number of ether oxygens (including phenoxy) is 1. The van der Waals surface area contributed by atoms with Crippen molar-refractivity contribution in [2.75, 3.05) is 11.5 Å². The summed E-state index contributed by atoms with van der Waals surface area (Å²) >= 11 is 3.46. The molecule has 1 fully saturated rings. The number of benzene rings is 2. The van der Waals surface area contributed by atoms with Crippen molar-refractivity contribution in [2.45, 2.75) is 20.3 Å². The second-order valence-electron chi connectivity index (χ2n) is 7.20. The van der Waals surface area contributed by atoms with Crippen molar-refractivity contribution < 1.29 is 19.1 Å². The second kappa shape index (κ2) is 9.67. The van der Waals surface area contributed by atoms with Crippen molar-refractivity contribution in [3.05, 3.63) is 75.3 Å². The summed E-state index contributed by atoms with van der Waals surface area (Å²) in [5, 5.41) is 2.24. The first-order valence-electron chi connectivity index (χ1n) is 9.75. The number of rotatable bonds is 6. The topological polar surface area (TPSA) is 75.7 Å². The first-order valence-corrected chi connectivity index (χ1v) is 10.5. The highest BCUT2D eigenvalue weighted by molar-refractivity contribution is 9.10. The minimum Gasteiger partial charge on any atom is -0.479 e. The van der Waals surface area contributed by atoms with Gasteiger partial charge in [0, 0.05) is 0 Å². The molecule has 3 rings (SSSR count). The summed E-state index contributed by atoms with van der Waals surface area (Å²) in [5.74, 6) is 1.53. The van der Waals surface area contributed by atoms with Crippen LogP contribution in [0.2, 0.25) is 0 Å². The fourth-order valence-corrected chi connectivity index (χ4v) is 3.90. The van der Waals surface area contributed by atoms with Crippen molar-refractivity contribution in [1.82, 2.24) is 5.32 Å². The van der Waals surface area contributed by atoms with E-state index in [0.29, 0.717) is 27.9 Å². The summed E-state index contributed by atoms with van der Waals surface area (Å²) in [6, 6.07) is 7.93. The minimum atomic E-state index is -0.785. The maximum absolute atomic E-state index is 13.2. The molecule has 1 saturated heterocycles. The van der Waals surface area contributed by atoms with Gasteiger partial charge < -0.3 is 4.74 Å². The predicted octanol–water partition coefficient (Wildman–Crippen LogP) is 4.47. The van der Waals surface area contributed by atoms with Crippen molar-refractivity contribution in [1.29, 1.82) is 0 Å². The van der Waals surface area contributed by atoms with Crippen LogP contribution >= 0.6 is 15.9 Å². The van der Waals surface area contributed by atoms with Gasteiger partial charge in [-0.1, -0.05) is 18.1 Å². The van der Waals surface area contributed by atoms with Crippen LogP contribution in [0.1, 0.15) is 22.3 Å². The predicted molar refractivity (Wildman–Crippen MR) is 127 cm³/mol. The third-order valence-corrected chi connectivity index (χ3v) is 5.56. The fraction of sp³-hybridized carbons (Fsp3) is 0.160. The van der Waals surface area contributed by atoms with Gasteiger partial charge in [0.25, 0.3) is 11.8 Å². The van der Waals surface area contributed by atoms with Gasteiger partial charge in [-0.15, -0.1) is 13.0 Å². The molecule has 0 bridgehead atoms. The van der Waals surface area contributed by atoms with E-state index < -0.39 is 17.8 Å². The number of halogens is 1. The van der Waals surface area contributed by atoms with Crippen molar-refractivity contribution in [3.8, 4) is 18.1 Å². The van der Waals surface area contributed by atoms with E-state index >= 15 is 0 Å². The highest BCUT2D eigenvalue weighted by Crippen LogP contribution is 2.33. The zero-order valence-corrected chi connectivity index (χ0v) is 19.3. The van der Waals surface area contributed by atoms with E-state index in [1.165, 1.54) is 6.08 Å². The zero-order valence-electron chi connectivity index (χ0n) is 17.7. The Morgan fingerprint density at radius 3 is 2.59 bits per heavy atom. The smallest absolute Gasteiger partial charge is 0.335 e. The molecule has 2 aromatic rings. The van der Waals surface area contributed by atoms with E-state index in [4.69, 9.17) is 11.2 Å². The number of hydrogen-bond acceptors (Lipinski definition) is 4. The first-order chi connectivity index (χ1) is 15.3. The summed E-state index contributed by atoms with van der Waals surface area (Å²) in [6.45, 7) is 7.66. The van der Waals surface area contributed by atoms with Crippen LogP contribution in [0.25, 0.3) is 6.08 Å². The molecule has 1 aliphatic rings. The lowest BCUT2D eigenvalue weighted by molar-refractivity contribution is -0.122. The number of hydrogen-bond donors (Lipinski definition) is 1. The van der Waals surface area contributed by atoms with E-state index in [2.05, 4.69) is 33.7 Å². The average molecular weight is 493 g/mol. The Kier molecular flexibility index (Phi) is 6.96. The molecule has 0 atom stereocenters. The van der Waals surface area contributed by atoms with Crippen LogP contribution in [0, 0.1) is 26.2 Å². The summed E-state index contributed by atoms with van der Waals surface area (Å²) in [4.78, 5) is 39.1. The minimum absolute atomic E-state index is 0.0944. The molecule has 2 aromatic carbocycles. The van der Waals surface area contributed by atoms with Crippen LogP contribution in [-0.2, 0) is 16.0 Å². The van der Waals surface area contributed by atoms with Gasteiger partial charge in [0.05, 0.1) is 10.2 Å². The molecule has 1 aliphatic heterocycles. The van der Waals surface area contributed by atoms with Gasteiger partial charge in [-0.05, 0) is 88.8 Å². The van der Waals surface area contributed by atoms with Crippen molar-refractivity contribution in [2.24, 2.45) is 0 Å². The lowest BCUT2D eigenvalue weighted by Crippen LogP contribution is -2.54. The molecule has 7 heteroatoms. The number of carbonyl (C=O) groups excluding carboxylic acids is 3. The molecule has 4 amide bonds. The van der Waals surface area contributed by atoms with E-state index in [9.17, 15) is 14.4 Å². The van der Waals surface area contributed by atoms with Crippen LogP contribution < -0.4 is 15.0 Å². The summed E-state index contributed by atoms with van der Waals surface area (Å²) in [7, 11) is 0. The fourth-order valence-electron chi connectivity index (χ4n) is 3.26. The van der Waals surface area contributed by atoms with Crippen molar-refractivity contribution >= 4 is 45.5 Å². The van der Waals surface area contributed by atoms with Crippen LogP contribution in [-0.4, -0.2) is 24.5 Å². The summed E-state index contributed by atoms with van der Waals surface area (Å²) < 4.78 is 6.23. The lowest BCUT2D eigenvalue weighted by Gasteiger charge is -2.27. The lowest BCUT2D eigenvalue weighted by atomic mass is 10.0. The molecule has 0 unspecified atom stereocenters. The third kappa shape index (κ3) is 4.66. The van der Waals surface area contributed by atoms with E-state index in [1.807, 2.05) is 19.9 Å². The van der Waals surface area contributed by atoms with Gasteiger partial charge in [0.1, 0.15) is 17.9 Å². The number of aryl methyl sites for hydroxylation is 2. The molecule has 162 valence electrons. The molecule has 0 radical (unpaired) electrons. The molecule has 32 heavy (non-hydrogen) atoms. The average Bonchev–Trinajstić information content (AvgIpc) is 2.73. The molecular weight excluding hydrogens is 472 g/mol. The molecule has 1 N–H and O–H groups in total. The number of allylic oxidation sites excluding steroid dienone is 1. The molecule has 6 nitrogen and oxygen atoms in total. The Bertz CT molecular complexity index is 1210. The maximum atomic E-state index is 13.2. The highest BCUT2D eigenvalue weighted by Gasteiger charge is 2.37. The normalized spacial score (nSPS) is 14.9. The van der Waals surface area contributed by atoms with E-state index in [-0.39, 0.29) is 12.2 Å².